The van der Waals surface area contributed by atoms with Crippen molar-refractivity contribution >= 4 is 12.0 Å². The van der Waals surface area contributed by atoms with Gasteiger partial charge < -0.3 is 39.7 Å². The number of rotatable bonds is 6. The van der Waals surface area contributed by atoms with E-state index in [0.717, 1.165) is 6.08 Å². The molecule has 1 aromatic carbocycles. The largest absolute Gasteiger partial charge is 0.504 e. The predicted molar refractivity (Wildman–Crippen MR) is 83.6 cm³/mol. The van der Waals surface area contributed by atoms with Crippen molar-refractivity contribution in [2.24, 2.45) is 0 Å². The van der Waals surface area contributed by atoms with Crippen LogP contribution in [-0.4, -0.2) is 75.9 Å². The van der Waals surface area contributed by atoms with Crippen molar-refractivity contribution < 1.29 is 44.5 Å². The van der Waals surface area contributed by atoms with Crippen molar-refractivity contribution in [3.8, 4) is 11.5 Å². The van der Waals surface area contributed by atoms with E-state index in [2.05, 4.69) is 0 Å². The van der Waals surface area contributed by atoms with E-state index in [0.29, 0.717) is 5.56 Å². The summed E-state index contributed by atoms with van der Waals surface area (Å²) in [6.45, 7) is -1.53. The molecular formula is C16H20O9. The van der Waals surface area contributed by atoms with Gasteiger partial charge in [-0.1, -0.05) is 6.07 Å². The van der Waals surface area contributed by atoms with Crippen molar-refractivity contribution in [2.75, 3.05) is 20.3 Å². The number of carbonyl (C=O) groups is 1. The number of aromatic hydroxyl groups is 1. The minimum absolute atomic E-state index is 0.0621. The topological polar surface area (TPSA) is 146 Å². The van der Waals surface area contributed by atoms with Crippen LogP contribution in [-0.2, 0) is 14.3 Å². The second kappa shape index (κ2) is 7.81. The average molecular weight is 356 g/mol. The third-order valence-corrected chi connectivity index (χ3v) is 3.80. The van der Waals surface area contributed by atoms with Crippen LogP contribution in [0.1, 0.15) is 5.56 Å². The van der Waals surface area contributed by atoms with Crippen LogP contribution in [0, 0.1) is 0 Å². The molecule has 9 nitrogen and oxygen atoms in total. The van der Waals surface area contributed by atoms with Gasteiger partial charge in [-0.15, -0.1) is 0 Å². The molecule has 0 bridgehead atoms. The number of phenolic OH excluding ortho intramolecular Hbond substituents is 1. The average Bonchev–Trinajstić information content (AvgIpc) is 2.86. The Kier molecular flexibility index (Phi) is 5.98. The van der Waals surface area contributed by atoms with Gasteiger partial charge in [0.05, 0.1) is 13.7 Å². The van der Waals surface area contributed by atoms with Crippen LogP contribution >= 0.6 is 0 Å². The summed E-state index contributed by atoms with van der Waals surface area (Å²) in [5.41, 5.74) is 0.519. The molecule has 25 heavy (non-hydrogen) atoms. The molecule has 1 fully saturated rings. The lowest BCUT2D eigenvalue weighted by Crippen LogP contribution is -2.49. The molecule has 1 saturated heterocycles. The Labute approximate surface area is 143 Å². The predicted octanol–water partition coefficient (Wildman–Crippen LogP) is -1.24. The highest BCUT2D eigenvalue weighted by Gasteiger charge is 2.56. The van der Waals surface area contributed by atoms with Gasteiger partial charge in [-0.05, 0) is 23.8 Å². The minimum atomic E-state index is -2.17. The molecule has 0 aromatic heterocycles. The molecule has 2 rings (SSSR count). The first-order valence-electron chi connectivity index (χ1n) is 7.40. The van der Waals surface area contributed by atoms with E-state index in [-0.39, 0.29) is 11.5 Å². The zero-order valence-corrected chi connectivity index (χ0v) is 13.4. The zero-order chi connectivity index (χ0) is 18.6. The van der Waals surface area contributed by atoms with Gasteiger partial charge in [0.1, 0.15) is 18.8 Å². The monoisotopic (exact) mass is 356 g/mol. The number of aliphatic hydroxyl groups excluding tert-OH is 4. The van der Waals surface area contributed by atoms with Gasteiger partial charge in [0.2, 0.25) is 0 Å². The van der Waals surface area contributed by atoms with E-state index in [1.807, 2.05) is 0 Å². The number of hydrogen-bond donors (Lipinski definition) is 5. The first-order valence-corrected chi connectivity index (χ1v) is 7.40. The van der Waals surface area contributed by atoms with Crippen molar-refractivity contribution in [3.05, 3.63) is 29.8 Å². The normalized spacial score (nSPS) is 29.1. The molecule has 0 saturated carbocycles. The lowest BCUT2D eigenvalue weighted by Gasteiger charge is -2.28. The van der Waals surface area contributed by atoms with E-state index in [1.54, 1.807) is 0 Å². The van der Waals surface area contributed by atoms with Crippen LogP contribution in [0.2, 0.25) is 0 Å². The standard InChI is InChI=1S/C16H20O9/c1-23-11-6-9(2-4-10(11)19)3-5-13(20)25-16(8-18)15(22)14(21)12(7-17)24-16/h2-6,12,14-15,17-19,21-22H,7-8H2,1H3/b5-3+/t12-,14-,15+,16?/m1/s1. The highest BCUT2D eigenvalue weighted by molar-refractivity contribution is 5.87. The van der Waals surface area contributed by atoms with Gasteiger partial charge in [0.25, 0.3) is 5.79 Å². The summed E-state index contributed by atoms with van der Waals surface area (Å²) in [5, 5.41) is 47.7. The number of aliphatic hydroxyl groups is 4. The van der Waals surface area contributed by atoms with Crippen LogP contribution in [0.4, 0.5) is 0 Å². The quantitative estimate of drug-likeness (QED) is 0.312. The van der Waals surface area contributed by atoms with Gasteiger partial charge in [-0.3, -0.25) is 0 Å². The number of phenols is 1. The van der Waals surface area contributed by atoms with Crippen LogP contribution in [0.5, 0.6) is 11.5 Å². The Bertz CT molecular complexity index is 644. The summed E-state index contributed by atoms with van der Waals surface area (Å²) >= 11 is 0. The Balaban J connectivity index is 2.10. The number of carbonyl (C=O) groups excluding carboxylic acids is 1. The van der Waals surface area contributed by atoms with E-state index in [9.17, 15) is 25.2 Å². The molecule has 1 aromatic rings. The number of ether oxygens (including phenoxy) is 3. The van der Waals surface area contributed by atoms with E-state index < -0.39 is 43.3 Å². The maximum Gasteiger partial charge on any atom is 0.333 e. The molecule has 0 aliphatic carbocycles. The maximum atomic E-state index is 12.0. The molecule has 1 unspecified atom stereocenters. The summed E-state index contributed by atoms with van der Waals surface area (Å²) in [4.78, 5) is 12.0. The Hall–Kier alpha value is -2.17. The summed E-state index contributed by atoms with van der Waals surface area (Å²) in [6, 6.07) is 4.38. The number of hydrogen-bond acceptors (Lipinski definition) is 9. The lowest BCUT2D eigenvalue weighted by atomic mass is 10.1. The van der Waals surface area contributed by atoms with Crippen molar-refractivity contribution in [1.29, 1.82) is 0 Å². The van der Waals surface area contributed by atoms with Crippen molar-refractivity contribution in [3.63, 3.8) is 0 Å². The molecule has 1 aliphatic rings. The zero-order valence-electron chi connectivity index (χ0n) is 13.4. The van der Waals surface area contributed by atoms with Crippen LogP contribution in [0.15, 0.2) is 24.3 Å². The van der Waals surface area contributed by atoms with Gasteiger partial charge in [0, 0.05) is 6.08 Å². The highest BCUT2D eigenvalue weighted by atomic mass is 16.8. The molecule has 0 amide bonds. The van der Waals surface area contributed by atoms with Gasteiger partial charge in [-0.25, -0.2) is 4.79 Å². The summed E-state index contributed by atoms with van der Waals surface area (Å²) < 4.78 is 15.0. The number of esters is 1. The second-order valence-corrected chi connectivity index (χ2v) is 5.43. The fourth-order valence-corrected chi connectivity index (χ4v) is 2.42. The van der Waals surface area contributed by atoms with Crippen molar-refractivity contribution in [2.45, 2.75) is 24.1 Å². The summed E-state index contributed by atoms with van der Waals surface area (Å²) in [7, 11) is 1.38. The lowest BCUT2D eigenvalue weighted by molar-refractivity contribution is -0.261. The fourth-order valence-electron chi connectivity index (χ4n) is 2.42. The SMILES string of the molecule is COc1cc(/C=C/C(=O)OC2(CO)O[C@H](CO)[C@@H](O)[C@@H]2O)ccc1O. The third kappa shape index (κ3) is 3.91. The molecule has 0 spiro atoms. The molecule has 5 N–H and O–H groups in total. The first-order chi connectivity index (χ1) is 11.9. The van der Waals surface area contributed by atoms with Crippen LogP contribution in [0.3, 0.4) is 0 Å². The molecule has 0 radical (unpaired) electrons. The van der Waals surface area contributed by atoms with Gasteiger partial charge in [0.15, 0.2) is 17.6 Å². The third-order valence-electron chi connectivity index (χ3n) is 3.80. The van der Waals surface area contributed by atoms with Crippen LogP contribution < -0.4 is 4.74 Å². The molecular weight excluding hydrogens is 336 g/mol. The Morgan fingerprint density at radius 1 is 1.36 bits per heavy atom. The van der Waals surface area contributed by atoms with E-state index in [1.165, 1.54) is 31.4 Å². The fraction of sp³-hybridized carbons (Fsp3) is 0.438. The molecule has 9 heteroatoms. The second-order valence-electron chi connectivity index (χ2n) is 5.43. The molecule has 1 aliphatic heterocycles. The number of benzene rings is 1. The Morgan fingerprint density at radius 3 is 2.64 bits per heavy atom. The van der Waals surface area contributed by atoms with E-state index >= 15 is 0 Å². The van der Waals surface area contributed by atoms with E-state index in [4.69, 9.17) is 19.3 Å². The van der Waals surface area contributed by atoms with Crippen molar-refractivity contribution in [1.82, 2.24) is 0 Å². The summed E-state index contributed by atoms with van der Waals surface area (Å²) in [6.07, 6.45) is -2.06. The van der Waals surface area contributed by atoms with Gasteiger partial charge in [-0.2, -0.15) is 0 Å². The highest BCUT2D eigenvalue weighted by Crippen LogP contribution is 2.32. The smallest absolute Gasteiger partial charge is 0.333 e. The maximum absolute atomic E-state index is 12.0. The Morgan fingerprint density at radius 2 is 2.08 bits per heavy atom. The van der Waals surface area contributed by atoms with Crippen LogP contribution in [0.25, 0.3) is 6.08 Å². The number of methoxy groups -OCH3 is 1. The molecule has 1 heterocycles. The minimum Gasteiger partial charge on any atom is -0.504 e. The molecule has 138 valence electrons. The summed E-state index contributed by atoms with van der Waals surface area (Å²) in [5.74, 6) is -2.97. The van der Waals surface area contributed by atoms with Gasteiger partial charge >= 0.3 is 5.97 Å². The first kappa shape index (κ1) is 19.2. The molecule has 4 atom stereocenters.